The number of carbonyl (C=O) groups excluding carboxylic acids is 1. The summed E-state index contributed by atoms with van der Waals surface area (Å²) < 4.78 is 0. The smallest absolute Gasteiger partial charge is 0.237 e. The molecule has 1 aliphatic heterocycles. The number of nitrogens with one attached hydrogen (secondary N) is 2. The van der Waals surface area contributed by atoms with Crippen LogP contribution in [-0.2, 0) is 11.3 Å². The number of hydrogen-bond donors (Lipinski definition) is 3. The third kappa shape index (κ3) is 3.28. The predicted molar refractivity (Wildman–Crippen MR) is 67.4 cm³/mol. The number of benzene rings is 1. The maximum Gasteiger partial charge on any atom is 0.237 e. The molecular formula is C13H19N3O. The van der Waals surface area contributed by atoms with Crippen molar-refractivity contribution in [3.8, 4) is 0 Å². The quantitative estimate of drug-likeness (QED) is 0.703. The van der Waals surface area contributed by atoms with Gasteiger partial charge in [0.2, 0.25) is 5.91 Å². The predicted octanol–water partition coefficient (Wildman–Crippen LogP) is 0.300. The van der Waals surface area contributed by atoms with Crippen LogP contribution in [0.2, 0.25) is 0 Å². The summed E-state index contributed by atoms with van der Waals surface area (Å²) >= 11 is 0. The van der Waals surface area contributed by atoms with Gasteiger partial charge in [0.05, 0.1) is 6.04 Å². The molecule has 0 aromatic heterocycles. The number of nitrogens with two attached hydrogens (primary N) is 1. The fraction of sp³-hybridized carbons (Fsp3) is 0.462. The summed E-state index contributed by atoms with van der Waals surface area (Å²) in [5.74, 6) is 0.0412. The Bertz CT molecular complexity index is 405. The molecule has 1 aromatic rings. The molecule has 0 aliphatic carbocycles. The van der Waals surface area contributed by atoms with E-state index in [2.05, 4.69) is 16.7 Å². The van der Waals surface area contributed by atoms with E-state index in [1.54, 1.807) is 0 Å². The Kier molecular flexibility index (Phi) is 3.76. The molecular weight excluding hydrogens is 214 g/mol. The van der Waals surface area contributed by atoms with Gasteiger partial charge in [-0.25, -0.2) is 0 Å². The summed E-state index contributed by atoms with van der Waals surface area (Å²) in [6, 6.07) is 8.11. The van der Waals surface area contributed by atoms with Crippen molar-refractivity contribution in [2.75, 3.05) is 6.54 Å². The summed E-state index contributed by atoms with van der Waals surface area (Å²) in [5, 5.41) is 6.05. The second-order valence-corrected chi connectivity index (χ2v) is 4.66. The van der Waals surface area contributed by atoms with Crippen LogP contribution < -0.4 is 16.4 Å². The van der Waals surface area contributed by atoms with E-state index >= 15 is 0 Å². The Balaban J connectivity index is 1.84. The molecule has 0 radical (unpaired) electrons. The monoisotopic (exact) mass is 233 g/mol. The van der Waals surface area contributed by atoms with Crippen LogP contribution >= 0.6 is 0 Å². The molecule has 0 bridgehead atoms. The first-order valence-electron chi connectivity index (χ1n) is 5.97. The minimum Gasteiger partial charge on any atom is -0.351 e. The molecule has 4 heteroatoms. The highest BCUT2D eigenvalue weighted by Crippen LogP contribution is 2.06. The van der Waals surface area contributed by atoms with Crippen LogP contribution in [0.1, 0.15) is 17.5 Å². The average Bonchev–Trinajstić information content (AvgIpc) is 2.73. The zero-order chi connectivity index (χ0) is 12.3. The molecule has 1 aliphatic rings. The second-order valence-electron chi connectivity index (χ2n) is 4.66. The number of rotatable bonds is 3. The van der Waals surface area contributed by atoms with E-state index in [1.165, 1.54) is 5.56 Å². The first-order valence-corrected chi connectivity index (χ1v) is 5.97. The van der Waals surface area contributed by atoms with Gasteiger partial charge >= 0.3 is 0 Å². The molecule has 4 N–H and O–H groups in total. The minimum atomic E-state index is -0.130. The molecule has 0 unspecified atom stereocenters. The normalized spacial score (nSPS) is 23.6. The summed E-state index contributed by atoms with van der Waals surface area (Å²) in [5.41, 5.74) is 8.08. The molecule has 1 amide bonds. The van der Waals surface area contributed by atoms with Gasteiger partial charge in [-0.15, -0.1) is 0 Å². The molecule has 1 fully saturated rings. The van der Waals surface area contributed by atoms with Crippen molar-refractivity contribution in [2.45, 2.75) is 32.0 Å². The van der Waals surface area contributed by atoms with Crippen LogP contribution in [-0.4, -0.2) is 24.5 Å². The fourth-order valence-corrected chi connectivity index (χ4v) is 2.10. The van der Waals surface area contributed by atoms with Gasteiger partial charge in [0.15, 0.2) is 0 Å². The molecule has 2 atom stereocenters. The molecule has 17 heavy (non-hydrogen) atoms. The topological polar surface area (TPSA) is 67.2 Å². The van der Waals surface area contributed by atoms with Crippen molar-refractivity contribution >= 4 is 5.91 Å². The van der Waals surface area contributed by atoms with Crippen molar-refractivity contribution in [2.24, 2.45) is 5.73 Å². The van der Waals surface area contributed by atoms with Gasteiger partial charge in [-0.2, -0.15) is 0 Å². The van der Waals surface area contributed by atoms with Crippen molar-refractivity contribution < 1.29 is 4.79 Å². The maximum atomic E-state index is 11.8. The molecule has 0 saturated carbocycles. The summed E-state index contributed by atoms with van der Waals surface area (Å²) in [7, 11) is 0. The highest BCUT2D eigenvalue weighted by molar-refractivity contribution is 5.82. The van der Waals surface area contributed by atoms with Crippen molar-refractivity contribution in [3.05, 3.63) is 35.4 Å². The van der Waals surface area contributed by atoms with Gasteiger partial charge in [-0.1, -0.05) is 29.8 Å². The summed E-state index contributed by atoms with van der Waals surface area (Å²) in [4.78, 5) is 11.8. The standard InChI is InChI=1S/C13H19N3O/c1-9-3-2-4-10(5-9)7-16-13(17)12-6-11(14)8-15-12/h2-5,11-12,15H,6-8,14H2,1H3,(H,16,17)/t11-,12-/m0/s1. The maximum absolute atomic E-state index is 11.8. The Morgan fingerprint density at radius 3 is 3.06 bits per heavy atom. The molecule has 4 nitrogen and oxygen atoms in total. The van der Waals surface area contributed by atoms with Gasteiger partial charge in [0.1, 0.15) is 0 Å². The van der Waals surface area contributed by atoms with E-state index in [1.807, 2.05) is 25.1 Å². The van der Waals surface area contributed by atoms with Gasteiger partial charge in [-0.3, -0.25) is 4.79 Å². The van der Waals surface area contributed by atoms with Crippen LogP contribution in [0.3, 0.4) is 0 Å². The molecule has 92 valence electrons. The average molecular weight is 233 g/mol. The van der Waals surface area contributed by atoms with E-state index in [4.69, 9.17) is 5.73 Å². The zero-order valence-electron chi connectivity index (χ0n) is 10.1. The lowest BCUT2D eigenvalue weighted by molar-refractivity contribution is -0.122. The highest BCUT2D eigenvalue weighted by atomic mass is 16.2. The summed E-state index contributed by atoms with van der Waals surface area (Å²) in [6.45, 7) is 3.35. The lowest BCUT2D eigenvalue weighted by Crippen LogP contribution is -2.40. The van der Waals surface area contributed by atoms with Crippen molar-refractivity contribution in [1.82, 2.24) is 10.6 Å². The Hall–Kier alpha value is -1.39. The van der Waals surface area contributed by atoms with E-state index in [9.17, 15) is 4.79 Å². The minimum absolute atomic E-state index is 0.0412. The molecule has 0 spiro atoms. The zero-order valence-corrected chi connectivity index (χ0v) is 10.1. The fourth-order valence-electron chi connectivity index (χ4n) is 2.10. The SMILES string of the molecule is Cc1cccc(CNC(=O)[C@@H]2C[C@H](N)CN2)c1. The van der Waals surface area contributed by atoms with Gasteiger partial charge in [-0.05, 0) is 18.9 Å². The number of aryl methyl sites for hydroxylation is 1. The van der Waals surface area contributed by atoms with E-state index in [0.29, 0.717) is 6.54 Å². The number of hydrogen-bond acceptors (Lipinski definition) is 3. The van der Waals surface area contributed by atoms with Gasteiger partial charge in [0.25, 0.3) is 0 Å². The van der Waals surface area contributed by atoms with Gasteiger partial charge < -0.3 is 16.4 Å². The van der Waals surface area contributed by atoms with Gasteiger partial charge in [0, 0.05) is 19.1 Å². The van der Waals surface area contributed by atoms with Crippen LogP contribution in [0.15, 0.2) is 24.3 Å². The first-order chi connectivity index (χ1) is 8.15. The van der Waals surface area contributed by atoms with Crippen LogP contribution in [0.5, 0.6) is 0 Å². The molecule has 1 saturated heterocycles. The molecule has 1 aromatic carbocycles. The first kappa shape index (κ1) is 12.1. The van der Waals surface area contributed by atoms with Crippen molar-refractivity contribution in [1.29, 1.82) is 0 Å². The Morgan fingerprint density at radius 2 is 2.41 bits per heavy atom. The van der Waals surface area contributed by atoms with Crippen LogP contribution in [0.25, 0.3) is 0 Å². The third-order valence-corrected chi connectivity index (χ3v) is 3.03. The van der Waals surface area contributed by atoms with E-state index in [0.717, 1.165) is 18.5 Å². The Labute approximate surface area is 102 Å². The van der Waals surface area contributed by atoms with Crippen LogP contribution in [0, 0.1) is 6.92 Å². The number of carbonyl (C=O) groups is 1. The number of amides is 1. The Morgan fingerprint density at radius 1 is 1.59 bits per heavy atom. The molecule has 1 heterocycles. The highest BCUT2D eigenvalue weighted by Gasteiger charge is 2.26. The lowest BCUT2D eigenvalue weighted by Gasteiger charge is -2.11. The lowest BCUT2D eigenvalue weighted by atomic mass is 10.1. The largest absolute Gasteiger partial charge is 0.351 e. The third-order valence-electron chi connectivity index (χ3n) is 3.03. The van der Waals surface area contributed by atoms with E-state index in [-0.39, 0.29) is 18.0 Å². The van der Waals surface area contributed by atoms with Crippen molar-refractivity contribution in [3.63, 3.8) is 0 Å². The summed E-state index contributed by atoms with van der Waals surface area (Å²) in [6.07, 6.45) is 0.722. The van der Waals surface area contributed by atoms with E-state index < -0.39 is 0 Å². The van der Waals surface area contributed by atoms with Crippen LogP contribution in [0.4, 0.5) is 0 Å². The molecule has 2 rings (SSSR count). The second kappa shape index (κ2) is 5.29.